The molecule has 0 aromatic carbocycles. The minimum atomic E-state index is -0.667. The van der Waals surface area contributed by atoms with Crippen molar-refractivity contribution in [3.05, 3.63) is 0 Å². The predicted molar refractivity (Wildman–Crippen MR) is 41.5 cm³/mol. The second-order valence-corrected chi connectivity index (χ2v) is 15.3. The molecule has 0 bridgehead atoms. The van der Waals surface area contributed by atoms with Gasteiger partial charge >= 0.3 is 64.6 Å². The average Bonchev–Trinajstić information content (AvgIpc) is 1.25. The van der Waals surface area contributed by atoms with Gasteiger partial charge in [-0.1, -0.05) is 0 Å². The van der Waals surface area contributed by atoms with E-state index in [0.29, 0.717) is 0 Å². The third-order valence-electron chi connectivity index (χ3n) is 0. The van der Waals surface area contributed by atoms with Gasteiger partial charge in [0.2, 0.25) is 0 Å². The number of hydrogen-bond donors (Lipinski definition) is 0. The van der Waals surface area contributed by atoms with E-state index in [2.05, 4.69) is 43.8 Å². The molecule has 0 saturated carbocycles. The standard InChI is InChI=1S/Co.Fe.6P. The van der Waals surface area contributed by atoms with E-state index in [1.165, 1.54) is 0 Å². The van der Waals surface area contributed by atoms with Gasteiger partial charge in [-0.3, -0.25) is 0 Å². The van der Waals surface area contributed by atoms with Crippen LogP contribution in [-0.4, -0.2) is 0 Å². The fraction of sp³-hybridized carbons (Fsp3) is 0. The van der Waals surface area contributed by atoms with Crippen LogP contribution in [0.5, 0.6) is 0 Å². The molecule has 0 aromatic rings. The fourth-order valence-electron chi connectivity index (χ4n) is 0. The predicted octanol–water partition coefficient (Wildman–Crippen LogP) is 5.16. The second-order valence-electron chi connectivity index (χ2n) is 0.412. The summed E-state index contributed by atoms with van der Waals surface area (Å²) < 4.78 is 0. The van der Waals surface area contributed by atoms with Crippen molar-refractivity contribution in [2.45, 2.75) is 0 Å². The van der Waals surface area contributed by atoms with E-state index in [-0.39, 0.29) is 0 Å². The molecular formula is CoFeP6. The van der Waals surface area contributed by atoms with Crippen LogP contribution in [0.4, 0.5) is 0 Å². The van der Waals surface area contributed by atoms with Gasteiger partial charge in [-0.2, -0.15) is 0 Å². The van der Waals surface area contributed by atoms with Crippen molar-refractivity contribution in [2.75, 3.05) is 0 Å². The molecule has 0 aliphatic carbocycles. The molecule has 0 rings (SSSR count). The molecule has 0 saturated heterocycles. The zero-order valence-corrected chi connectivity index (χ0v) is 10.9. The summed E-state index contributed by atoms with van der Waals surface area (Å²) in [5.41, 5.74) is 0. The Morgan fingerprint density at radius 1 is 0.875 bits per heavy atom. The first-order valence-electron chi connectivity index (χ1n) is 0.922. The van der Waals surface area contributed by atoms with Crippen molar-refractivity contribution < 1.29 is 20.8 Å². The molecule has 8 heteroatoms. The van der Waals surface area contributed by atoms with E-state index in [0.717, 1.165) is 0 Å². The number of rotatable bonds is 0. The summed E-state index contributed by atoms with van der Waals surface area (Å²) in [6.45, 7) is 0. The van der Waals surface area contributed by atoms with Gasteiger partial charge in [0.1, 0.15) is 0 Å². The van der Waals surface area contributed by atoms with E-state index in [9.17, 15) is 0 Å². The summed E-state index contributed by atoms with van der Waals surface area (Å²) in [4.78, 5) is 0. The SMILES string of the molecule is [P]#[Co](#[P])#[P].[P]#[Fe](#[P])#[P]. The Labute approximate surface area is 64.1 Å². The maximum atomic E-state index is 3.78. The molecule has 0 unspecified atom stereocenters. The average molecular weight is 301 g/mol. The Morgan fingerprint density at radius 3 is 0.875 bits per heavy atom. The first-order chi connectivity index (χ1) is 3.46. The van der Waals surface area contributed by atoms with Gasteiger partial charge in [-0.25, -0.2) is 0 Å². The zero-order valence-electron chi connectivity index (χ0n) is 3.37. The van der Waals surface area contributed by atoms with Crippen molar-refractivity contribution in [3.8, 4) is 0 Å². The van der Waals surface area contributed by atoms with Crippen molar-refractivity contribution in [1.29, 1.82) is 0 Å². The third kappa shape index (κ3) is 54.7. The van der Waals surface area contributed by atoms with E-state index in [4.69, 9.17) is 0 Å². The van der Waals surface area contributed by atoms with E-state index >= 15 is 0 Å². The van der Waals surface area contributed by atoms with Crippen LogP contribution in [0.15, 0.2) is 0 Å². The molecule has 0 fully saturated rings. The second kappa shape index (κ2) is 10.6. The Balaban J connectivity index is 0. The molecule has 0 atom stereocenters. The first-order valence-corrected chi connectivity index (χ1v) is 11.4. The van der Waals surface area contributed by atoms with Gasteiger partial charge < -0.3 is 0 Å². The summed E-state index contributed by atoms with van der Waals surface area (Å²) in [6, 6.07) is 0. The molecule has 47 valence electrons. The van der Waals surface area contributed by atoms with Crippen LogP contribution >= 0.6 is 43.8 Å². The molecule has 0 aromatic heterocycles. The monoisotopic (exact) mass is 301 g/mol. The molecule has 0 nitrogen and oxygen atoms in total. The summed E-state index contributed by atoms with van der Waals surface area (Å²) in [7, 11) is 21.4. The van der Waals surface area contributed by atoms with Crippen LogP contribution in [0.25, 0.3) is 0 Å². The van der Waals surface area contributed by atoms with E-state index in [1.54, 1.807) is 0 Å². The fourth-order valence-corrected chi connectivity index (χ4v) is 0. The van der Waals surface area contributed by atoms with Crippen LogP contribution in [-0.2, 0) is 20.8 Å². The summed E-state index contributed by atoms with van der Waals surface area (Å²) >= 11 is 0. The molecule has 0 aliphatic rings. The first kappa shape index (κ1) is 14.1. The van der Waals surface area contributed by atoms with E-state index < -0.39 is 20.8 Å². The van der Waals surface area contributed by atoms with Crippen LogP contribution in [0.3, 0.4) is 0 Å². The van der Waals surface area contributed by atoms with Crippen molar-refractivity contribution >= 4 is 43.8 Å². The minimum absolute atomic E-state index is 0.521. The van der Waals surface area contributed by atoms with Crippen LogP contribution in [0.1, 0.15) is 0 Å². The summed E-state index contributed by atoms with van der Waals surface area (Å²) in [6.07, 6.45) is 0. The molecule has 0 heterocycles. The van der Waals surface area contributed by atoms with Crippen LogP contribution in [0, 0.1) is 0 Å². The van der Waals surface area contributed by atoms with Gasteiger partial charge in [0.05, 0.1) is 0 Å². The van der Waals surface area contributed by atoms with E-state index in [1.807, 2.05) is 0 Å². The molecule has 0 N–H and O–H groups in total. The van der Waals surface area contributed by atoms with Crippen LogP contribution in [0.2, 0.25) is 0 Å². The van der Waals surface area contributed by atoms with Crippen molar-refractivity contribution in [1.82, 2.24) is 0 Å². The number of hydrogen-bond acceptors (Lipinski definition) is 0. The van der Waals surface area contributed by atoms with Gasteiger partial charge in [-0.05, 0) is 0 Å². The van der Waals surface area contributed by atoms with Crippen LogP contribution < -0.4 is 0 Å². The Bertz CT molecular complexity index is 511. The normalized spacial score (nSPS) is 5.25. The quantitative estimate of drug-likeness (QED) is 0.428. The molecule has 0 aliphatic heterocycles. The molecular weight excluding hydrogens is 301 g/mol. The molecule has 0 spiro atoms. The van der Waals surface area contributed by atoms with Crippen molar-refractivity contribution in [3.63, 3.8) is 0 Å². The summed E-state index contributed by atoms with van der Waals surface area (Å²) in [5, 5.41) is 0. The van der Waals surface area contributed by atoms with Gasteiger partial charge in [0.15, 0.2) is 0 Å². The van der Waals surface area contributed by atoms with Gasteiger partial charge in [0.25, 0.3) is 0 Å². The molecule has 8 heavy (non-hydrogen) atoms. The van der Waals surface area contributed by atoms with Gasteiger partial charge in [0, 0.05) is 0 Å². The Morgan fingerprint density at radius 2 is 0.875 bits per heavy atom. The summed E-state index contributed by atoms with van der Waals surface area (Å²) in [5.74, 6) is 0. The Kier molecular flexibility index (Phi) is 18.8. The maximum absolute atomic E-state index is 3.78. The molecule has 0 amide bonds. The molecule has 0 radical (unpaired) electrons. The Hall–Kier alpha value is 3.61. The topological polar surface area (TPSA) is 0 Å². The van der Waals surface area contributed by atoms with Crippen molar-refractivity contribution in [2.24, 2.45) is 0 Å². The van der Waals surface area contributed by atoms with Gasteiger partial charge in [-0.15, -0.1) is 0 Å². The zero-order chi connectivity index (χ0) is 7.15. The third-order valence-corrected chi connectivity index (χ3v) is 0.